The SMILES string of the molecule is CC(=NCC[Se]c1ccccc1)c1ccccc1[O-].[Cl][Pd+]. The van der Waals surface area contributed by atoms with Gasteiger partial charge in [0.2, 0.25) is 0 Å². The van der Waals surface area contributed by atoms with E-state index in [1.54, 1.807) is 12.1 Å². The summed E-state index contributed by atoms with van der Waals surface area (Å²) < 4.78 is 1.40. The predicted molar refractivity (Wildman–Crippen MR) is 85.5 cm³/mol. The Labute approximate surface area is 147 Å². The number of aliphatic imine (C=N–C) groups is 1. The van der Waals surface area contributed by atoms with Crippen LogP contribution in [0.15, 0.2) is 59.6 Å². The topological polar surface area (TPSA) is 35.4 Å². The van der Waals surface area contributed by atoms with Crippen molar-refractivity contribution in [3.05, 3.63) is 60.2 Å². The number of hydrogen-bond acceptors (Lipinski definition) is 2. The average molecular weight is 459 g/mol. The van der Waals surface area contributed by atoms with Crippen LogP contribution in [-0.4, -0.2) is 27.2 Å². The van der Waals surface area contributed by atoms with E-state index in [2.05, 4.69) is 57.0 Å². The quantitative estimate of drug-likeness (QED) is 0.385. The molecule has 0 unspecified atom stereocenters. The van der Waals surface area contributed by atoms with Crippen molar-refractivity contribution in [2.75, 3.05) is 6.54 Å². The van der Waals surface area contributed by atoms with Gasteiger partial charge in [-0.15, -0.1) is 0 Å². The Balaban J connectivity index is 0.00000106. The van der Waals surface area contributed by atoms with E-state index >= 15 is 0 Å². The number of halogens is 1. The van der Waals surface area contributed by atoms with E-state index in [-0.39, 0.29) is 5.75 Å². The molecule has 0 aliphatic carbocycles. The van der Waals surface area contributed by atoms with Crippen molar-refractivity contribution in [2.24, 2.45) is 4.99 Å². The van der Waals surface area contributed by atoms with Gasteiger partial charge in [-0.1, -0.05) is 0 Å². The van der Waals surface area contributed by atoms with E-state index < -0.39 is 0 Å². The molecule has 0 aliphatic heterocycles. The van der Waals surface area contributed by atoms with E-state index in [9.17, 15) is 5.11 Å². The Kier molecular flexibility index (Phi) is 9.67. The first-order valence-electron chi connectivity index (χ1n) is 6.34. The van der Waals surface area contributed by atoms with Crippen LogP contribution in [0.25, 0.3) is 0 Å². The fraction of sp³-hybridized carbons (Fsp3) is 0.188. The molecular formula is C16H16ClNOPdSe. The van der Waals surface area contributed by atoms with Crippen LogP contribution < -0.4 is 9.57 Å². The molecule has 5 heteroatoms. The van der Waals surface area contributed by atoms with Gasteiger partial charge in [0, 0.05) is 0 Å². The summed E-state index contributed by atoms with van der Waals surface area (Å²) >= 11 is 2.68. The summed E-state index contributed by atoms with van der Waals surface area (Å²) in [5, 5.41) is 12.7. The first kappa shape index (κ1) is 18.4. The van der Waals surface area contributed by atoms with Crippen molar-refractivity contribution >= 4 is 34.7 Å². The van der Waals surface area contributed by atoms with Crippen LogP contribution >= 0.6 is 9.53 Å². The second kappa shape index (κ2) is 11.0. The van der Waals surface area contributed by atoms with Crippen molar-refractivity contribution in [1.29, 1.82) is 0 Å². The molecule has 0 heterocycles. The van der Waals surface area contributed by atoms with Gasteiger partial charge in [-0.05, 0) is 0 Å². The molecule has 2 aromatic rings. The number of para-hydroxylation sites is 1. The molecule has 0 aromatic heterocycles. The molecule has 0 saturated carbocycles. The number of benzene rings is 2. The van der Waals surface area contributed by atoms with Crippen LogP contribution in [-0.2, 0) is 18.2 Å². The van der Waals surface area contributed by atoms with Crippen LogP contribution in [0.4, 0.5) is 0 Å². The molecule has 0 bridgehead atoms. The summed E-state index contributed by atoms with van der Waals surface area (Å²) in [6.07, 6.45) is 0. The van der Waals surface area contributed by atoms with Gasteiger partial charge in [0.05, 0.1) is 0 Å². The maximum absolute atomic E-state index is 11.6. The molecule has 2 rings (SSSR count). The molecule has 0 spiro atoms. The Morgan fingerprint density at radius 1 is 1.10 bits per heavy atom. The van der Waals surface area contributed by atoms with Gasteiger partial charge in [0.25, 0.3) is 0 Å². The fourth-order valence-electron chi connectivity index (χ4n) is 1.74. The molecule has 0 fully saturated rings. The predicted octanol–water partition coefficient (Wildman–Crippen LogP) is 2.70. The molecule has 21 heavy (non-hydrogen) atoms. The summed E-state index contributed by atoms with van der Waals surface area (Å²) in [4.78, 5) is 4.50. The average Bonchev–Trinajstić information content (AvgIpc) is 2.55. The normalized spacial score (nSPS) is 10.8. The second-order valence-electron chi connectivity index (χ2n) is 4.12. The Morgan fingerprint density at radius 3 is 2.38 bits per heavy atom. The molecule has 114 valence electrons. The third-order valence-electron chi connectivity index (χ3n) is 2.73. The first-order valence-corrected chi connectivity index (χ1v) is 10.4. The molecule has 0 saturated heterocycles. The monoisotopic (exact) mass is 459 g/mol. The number of nitrogens with zero attached hydrogens (tertiary/aromatic N) is 1. The Bertz CT molecular complexity index is 563. The number of hydrogen-bond donors (Lipinski definition) is 0. The summed E-state index contributed by atoms with van der Waals surface area (Å²) in [6.45, 7) is 2.70. The van der Waals surface area contributed by atoms with Crippen molar-refractivity contribution in [3.8, 4) is 5.75 Å². The van der Waals surface area contributed by atoms with Crippen molar-refractivity contribution in [1.82, 2.24) is 0 Å². The molecule has 0 amide bonds. The van der Waals surface area contributed by atoms with Gasteiger partial charge < -0.3 is 0 Å². The van der Waals surface area contributed by atoms with Crippen LogP contribution in [0.1, 0.15) is 12.5 Å². The molecule has 2 aromatic carbocycles. The van der Waals surface area contributed by atoms with E-state index in [1.165, 1.54) is 4.46 Å². The Hall–Kier alpha value is -0.618. The zero-order chi connectivity index (χ0) is 15.5. The standard InChI is InChI=1S/C16H17NOSe.ClH.Pd/c1-13(15-9-5-6-10-16(15)18)17-11-12-19-14-7-3-2-4-8-14;;/h2-10,18H,11-12H2,1H3;1H;/q;;+2/p-2. The minimum atomic E-state index is 0.0531. The van der Waals surface area contributed by atoms with Crippen molar-refractivity contribution in [3.63, 3.8) is 0 Å². The fourth-order valence-corrected chi connectivity index (χ4v) is 3.36. The van der Waals surface area contributed by atoms with Gasteiger partial charge in [-0.25, -0.2) is 0 Å². The second-order valence-corrected chi connectivity index (χ2v) is 6.58. The first-order chi connectivity index (χ1) is 10.3. The summed E-state index contributed by atoms with van der Waals surface area (Å²) in [7, 11) is 4.49. The zero-order valence-electron chi connectivity index (χ0n) is 11.6. The van der Waals surface area contributed by atoms with Crippen LogP contribution in [0.2, 0.25) is 5.32 Å². The summed E-state index contributed by atoms with van der Waals surface area (Å²) in [5.41, 5.74) is 1.56. The molecule has 0 aliphatic rings. The zero-order valence-corrected chi connectivity index (χ0v) is 15.6. The van der Waals surface area contributed by atoms with Gasteiger partial charge >= 0.3 is 148 Å². The molecule has 2 nitrogen and oxygen atoms in total. The van der Waals surface area contributed by atoms with Crippen molar-refractivity contribution < 1.29 is 23.3 Å². The molecule has 0 radical (unpaired) electrons. The molecule has 0 N–H and O–H groups in total. The van der Waals surface area contributed by atoms with Gasteiger partial charge in [-0.3, -0.25) is 0 Å². The third-order valence-corrected chi connectivity index (χ3v) is 4.81. The van der Waals surface area contributed by atoms with Crippen LogP contribution in [0, 0.1) is 0 Å². The van der Waals surface area contributed by atoms with E-state index in [0.29, 0.717) is 15.0 Å². The maximum atomic E-state index is 11.6. The van der Waals surface area contributed by atoms with E-state index in [1.807, 2.05) is 25.1 Å². The van der Waals surface area contributed by atoms with E-state index in [0.717, 1.165) is 23.1 Å². The minimum absolute atomic E-state index is 0.0531. The van der Waals surface area contributed by atoms with Gasteiger partial charge in [0.1, 0.15) is 0 Å². The van der Waals surface area contributed by atoms with Gasteiger partial charge in [-0.2, -0.15) is 0 Å². The summed E-state index contributed by atoms with van der Waals surface area (Å²) in [6, 6.07) is 17.5. The Morgan fingerprint density at radius 2 is 1.71 bits per heavy atom. The van der Waals surface area contributed by atoms with Crippen LogP contribution in [0.3, 0.4) is 0 Å². The van der Waals surface area contributed by atoms with E-state index in [4.69, 9.17) is 0 Å². The summed E-state index contributed by atoms with van der Waals surface area (Å²) in [5.74, 6) is 0.0531. The number of rotatable bonds is 5. The van der Waals surface area contributed by atoms with Crippen LogP contribution in [0.5, 0.6) is 5.75 Å². The molecular weight excluding hydrogens is 443 g/mol. The molecule has 0 atom stereocenters. The van der Waals surface area contributed by atoms with Crippen molar-refractivity contribution in [2.45, 2.75) is 12.2 Å². The third kappa shape index (κ3) is 6.78. The van der Waals surface area contributed by atoms with Gasteiger partial charge in [0.15, 0.2) is 0 Å².